The van der Waals surface area contributed by atoms with Crippen LogP contribution in [-0.4, -0.2) is 30.6 Å². The van der Waals surface area contributed by atoms with Gasteiger partial charge < -0.3 is 9.84 Å². The third kappa shape index (κ3) is 4.85. The Morgan fingerprint density at radius 2 is 1.83 bits per heavy atom. The van der Waals surface area contributed by atoms with Crippen molar-refractivity contribution in [3.8, 4) is 28.7 Å². The average molecular weight is 490 g/mol. The van der Waals surface area contributed by atoms with Crippen LogP contribution in [0.3, 0.4) is 0 Å². The van der Waals surface area contributed by atoms with Gasteiger partial charge in [-0.1, -0.05) is 47.6 Å². The highest BCUT2D eigenvalue weighted by Crippen LogP contribution is 2.29. The molecule has 0 aliphatic rings. The Balaban J connectivity index is 1.34. The summed E-state index contributed by atoms with van der Waals surface area (Å²) in [6.07, 6.45) is -0.0264. The maximum atomic E-state index is 12.9. The maximum absolute atomic E-state index is 12.9. The van der Waals surface area contributed by atoms with Crippen LogP contribution in [0, 0.1) is 0 Å². The third-order valence-corrected chi connectivity index (χ3v) is 5.24. The predicted molar refractivity (Wildman–Crippen MR) is 123 cm³/mol. The number of nitrogens with zero attached hydrogens (tertiary/aromatic N) is 5. The summed E-state index contributed by atoms with van der Waals surface area (Å²) in [7, 11) is 0. The summed E-state index contributed by atoms with van der Waals surface area (Å²) in [5.74, 6) is 0.514. The molecule has 2 aromatic carbocycles. The number of halogens is 3. The van der Waals surface area contributed by atoms with Crippen LogP contribution in [-0.2, 0) is 12.7 Å². The molecule has 5 aromatic rings. The molecular weight excluding hydrogens is 473 g/mol. The summed E-state index contributed by atoms with van der Waals surface area (Å²) in [4.78, 5) is 25.5. The number of alkyl halides is 3. The Hall–Kier alpha value is -4.80. The van der Waals surface area contributed by atoms with Gasteiger partial charge >= 0.3 is 6.18 Å². The lowest BCUT2D eigenvalue weighted by Gasteiger charge is -2.09. The van der Waals surface area contributed by atoms with Gasteiger partial charge in [0.1, 0.15) is 12.0 Å². The molecule has 1 amide bonds. The SMILES string of the molecule is O=C(NCc1cccc(C(F)(F)F)c1)c1cn(-c2ncccc2-c2nc(-c3ccccc3)no2)cn1. The van der Waals surface area contributed by atoms with Crippen LogP contribution in [0.1, 0.15) is 21.6 Å². The van der Waals surface area contributed by atoms with Crippen LogP contribution < -0.4 is 5.32 Å². The van der Waals surface area contributed by atoms with Crippen LogP contribution in [0.4, 0.5) is 13.2 Å². The highest BCUT2D eigenvalue weighted by atomic mass is 19.4. The van der Waals surface area contributed by atoms with Gasteiger partial charge in [0.05, 0.1) is 11.1 Å². The monoisotopic (exact) mass is 490 g/mol. The second kappa shape index (κ2) is 9.45. The van der Waals surface area contributed by atoms with Gasteiger partial charge in [-0.05, 0) is 29.8 Å². The highest BCUT2D eigenvalue weighted by Gasteiger charge is 2.30. The second-order valence-corrected chi connectivity index (χ2v) is 7.71. The van der Waals surface area contributed by atoms with Crippen molar-refractivity contribution < 1.29 is 22.5 Å². The Labute approximate surface area is 202 Å². The normalized spacial score (nSPS) is 11.4. The molecule has 1 N–H and O–H groups in total. The number of amides is 1. The summed E-state index contributed by atoms with van der Waals surface area (Å²) in [5.41, 5.74) is 0.919. The van der Waals surface area contributed by atoms with Gasteiger partial charge in [0.15, 0.2) is 5.82 Å². The van der Waals surface area contributed by atoms with Gasteiger partial charge in [0.2, 0.25) is 5.82 Å². The van der Waals surface area contributed by atoms with Crippen LogP contribution >= 0.6 is 0 Å². The van der Waals surface area contributed by atoms with E-state index < -0.39 is 17.6 Å². The fourth-order valence-electron chi connectivity index (χ4n) is 3.49. The fourth-order valence-corrected chi connectivity index (χ4v) is 3.49. The first-order chi connectivity index (χ1) is 17.4. The number of benzene rings is 2. The second-order valence-electron chi connectivity index (χ2n) is 7.71. The third-order valence-electron chi connectivity index (χ3n) is 5.24. The van der Waals surface area contributed by atoms with E-state index in [9.17, 15) is 18.0 Å². The van der Waals surface area contributed by atoms with E-state index in [1.54, 1.807) is 18.3 Å². The molecule has 0 spiro atoms. The van der Waals surface area contributed by atoms with E-state index in [1.165, 1.54) is 29.2 Å². The van der Waals surface area contributed by atoms with Crippen LogP contribution in [0.15, 0.2) is 90.0 Å². The van der Waals surface area contributed by atoms with Gasteiger partial charge in [-0.2, -0.15) is 18.2 Å². The molecule has 0 aliphatic heterocycles. The number of imidazole rings is 1. The zero-order valence-corrected chi connectivity index (χ0v) is 18.5. The first kappa shape index (κ1) is 23.0. The smallest absolute Gasteiger partial charge is 0.347 e. The highest BCUT2D eigenvalue weighted by molar-refractivity contribution is 5.92. The van der Waals surface area contributed by atoms with E-state index in [1.807, 2.05) is 30.3 Å². The van der Waals surface area contributed by atoms with Crippen molar-refractivity contribution in [1.82, 2.24) is 30.0 Å². The molecule has 180 valence electrons. The van der Waals surface area contributed by atoms with Crippen molar-refractivity contribution in [2.24, 2.45) is 0 Å². The first-order valence-electron chi connectivity index (χ1n) is 10.7. The van der Waals surface area contributed by atoms with Crippen LogP contribution in [0.5, 0.6) is 0 Å². The predicted octanol–water partition coefficient (Wildman–Crippen LogP) is 4.93. The van der Waals surface area contributed by atoms with E-state index in [0.717, 1.165) is 17.7 Å². The fraction of sp³-hybridized carbons (Fsp3) is 0.0800. The molecule has 0 atom stereocenters. The summed E-state index contributed by atoms with van der Waals surface area (Å²) in [5, 5.41) is 6.62. The van der Waals surface area contributed by atoms with Gasteiger partial charge in [-0.3, -0.25) is 9.36 Å². The first-order valence-corrected chi connectivity index (χ1v) is 10.7. The number of pyridine rings is 1. The van der Waals surface area contributed by atoms with E-state index in [2.05, 4.69) is 25.4 Å². The van der Waals surface area contributed by atoms with E-state index >= 15 is 0 Å². The molecule has 0 bridgehead atoms. The van der Waals surface area contributed by atoms with E-state index in [-0.39, 0.29) is 18.1 Å². The Morgan fingerprint density at radius 1 is 1.00 bits per heavy atom. The van der Waals surface area contributed by atoms with Crippen molar-refractivity contribution in [1.29, 1.82) is 0 Å². The summed E-state index contributed by atoms with van der Waals surface area (Å²) < 4.78 is 45.7. The zero-order valence-electron chi connectivity index (χ0n) is 18.5. The lowest BCUT2D eigenvalue weighted by Crippen LogP contribution is -2.23. The molecule has 0 aliphatic carbocycles. The number of hydrogen-bond acceptors (Lipinski definition) is 6. The molecule has 0 fully saturated rings. The average Bonchev–Trinajstić information content (AvgIpc) is 3.58. The summed E-state index contributed by atoms with van der Waals surface area (Å²) in [6.45, 7) is -0.0886. The van der Waals surface area contributed by atoms with Crippen molar-refractivity contribution in [3.05, 3.63) is 102 Å². The Kier molecular flexibility index (Phi) is 6.03. The van der Waals surface area contributed by atoms with Gasteiger partial charge in [0, 0.05) is 24.5 Å². The Morgan fingerprint density at radius 3 is 2.64 bits per heavy atom. The van der Waals surface area contributed by atoms with Gasteiger partial charge in [0.25, 0.3) is 11.8 Å². The summed E-state index contributed by atoms with van der Waals surface area (Å²) in [6, 6.07) is 17.6. The Bertz CT molecular complexity index is 1510. The molecule has 36 heavy (non-hydrogen) atoms. The molecule has 0 saturated heterocycles. The lowest BCUT2D eigenvalue weighted by molar-refractivity contribution is -0.137. The summed E-state index contributed by atoms with van der Waals surface area (Å²) >= 11 is 0. The van der Waals surface area contributed by atoms with E-state index in [4.69, 9.17) is 4.52 Å². The number of aromatic nitrogens is 5. The molecule has 0 saturated carbocycles. The number of carbonyl (C=O) groups is 1. The van der Waals surface area contributed by atoms with Crippen molar-refractivity contribution in [3.63, 3.8) is 0 Å². The molecule has 8 nitrogen and oxygen atoms in total. The largest absolute Gasteiger partial charge is 0.416 e. The number of nitrogens with one attached hydrogen (secondary N) is 1. The molecule has 5 rings (SSSR count). The number of rotatable bonds is 6. The zero-order chi connectivity index (χ0) is 25.1. The number of carbonyl (C=O) groups excluding carboxylic acids is 1. The quantitative estimate of drug-likeness (QED) is 0.362. The molecule has 11 heteroatoms. The van der Waals surface area contributed by atoms with Crippen LogP contribution in [0.2, 0.25) is 0 Å². The van der Waals surface area contributed by atoms with Crippen molar-refractivity contribution in [2.45, 2.75) is 12.7 Å². The molecule has 3 heterocycles. The van der Waals surface area contributed by atoms with Gasteiger partial charge in [-0.15, -0.1) is 0 Å². The molecule has 0 radical (unpaired) electrons. The molecule has 0 unspecified atom stereocenters. The maximum Gasteiger partial charge on any atom is 0.416 e. The lowest BCUT2D eigenvalue weighted by atomic mass is 10.1. The minimum Gasteiger partial charge on any atom is -0.347 e. The topological polar surface area (TPSA) is 98.7 Å². The van der Waals surface area contributed by atoms with Crippen molar-refractivity contribution in [2.75, 3.05) is 0 Å². The standard InChI is InChI=1S/C25H17F3N6O2/c26-25(27,28)18-9-4-6-16(12-18)13-30-23(35)20-14-34(15-31-20)22-19(10-5-11-29-22)24-32-21(33-36-24)17-7-2-1-3-8-17/h1-12,14-15H,13H2,(H,30,35). The van der Waals surface area contributed by atoms with Crippen molar-refractivity contribution >= 4 is 5.91 Å². The van der Waals surface area contributed by atoms with Crippen LogP contribution in [0.25, 0.3) is 28.7 Å². The number of hydrogen-bond donors (Lipinski definition) is 1. The molecule has 3 aromatic heterocycles. The van der Waals surface area contributed by atoms with Gasteiger partial charge in [-0.25, -0.2) is 9.97 Å². The minimum absolute atomic E-state index is 0.0640. The molecular formula is C25H17F3N6O2. The minimum atomic E-state index is -4.46. The van der Waals surface area contributed by atoms with E-state index in [0.29, 0.717) is 22.8 Å².